The van der Waals surface area contributed by atoms with Gasteiger partial charge in [0.1, 0.15) is 0 Å². The van der Waals surface area contributed by atoms with Crippen molar-refractivity contribution in [2.75, 3.05) is 24.4 Å². The normalized spacial score (nSPS) is 12.3. The molecule has 2 N–H and O–H groups in total. The molecule has 0 aliphatic carbocycles. The van der Waals surface area contributed by atoms with Crippen molar-refractivity contribution >= 4 is 28.7 Å². The van der Waals surface area contributed by atoms with Crippen molar-refractivity contribution < 1.29 is 19.2 Å². The number of hydrogen-bond donors (Lipinski definition) is 2. The van der Waals surface area contributed by atoms with Crippen LogP contribution in [0.4, 0.5) is 22.7 Å². The molecule has 0 saturated heterocycles. The number of nitro benzene ring substituents is 1. The molecule has 5 rings (SSSR count). The first-order valence-electron chi connectivity index (χ1n) is 12.0. The van der Waals surface area contributed by atoms with E-state index in [9.17, 15) is 14.9 Å². The number of methoxy groups -OCH3 is 1. The van der Waals surface area contributed by atoms with Gasteiger partial charge in [0, 0.05) is 23.7 Å². The minimum atomic E-state index is -0.483. The van der Waals surface area contributed by atoms with E-state index >= 15 is 0 Å². The molecule has 9 nitrogen and oxygen atoms in total. The summed E-state index contributed by atoms with van der Waals surface area (Å²) in [5.41, 5.74) is 4.57. The van der Waals surface area contributed by atoms with Gasteiger partial charge in [0.05, 0.1) is 41.3 Å². The average molecular weight is 511 g/mol. The molecule has 192 valence electrons. The zero-order valence-electron chi connectivity index (χ0n) is 21.1. The van der Waals surface area contributed by atoms with Gasteiger partial charge in [-0.1, -0.05) is 32.0 Å². The van der Waals surface area contributed by atoms with E-state index in [1.54, 1.807) is 30.5 Å². The fraction of sp³-hybridized carbons (Fsp3) is 0.172. The number of nitrogens with zero attached hydrogens (tertiary/aromatic N) is 2. The Morgan fingerprint density at radius 1 is 0.921 bits per heavy atom. The van der Waals surface area contributed by atoms with E-state index in [0.29, 0.717) is 29.4 Å². The predicted molar refractivity (Wildman–Crippen MR) is 146 cm³/mol. The first-order valence-corrected chi connectivity index (χ1v) is 12.0. The first kappa shape index (κ1) is 24.8. The van der Waals surface area contributed by atoms with Crippen molar-refractivity contribution in [3.63, 3.8) is 0 Å². The predicted octanol–water partition coefficient (Wildman–Crippen LogP) is 6.33. The van der Waals surface area contributed by atoms with Gasteiger partial charge in [-0.05, 0) is 59.2 Å². The lowest BCUT2D eigenvalue weighted by Gasteiger charge is -2.26. The SMILES string of the molecule is COc1cc(-c2ccc3c(c2)Nc2ccc(C(C)(C)COc4ccccn4)cc2NC3=O)ccc1[N+](=O)[O-]. The second-order valence-electron chi connectivity index (χ2n) is 9.58. The van der Waals surface area contributed by atoms with Crippen LogP contribution in [0.3, 0.4) is 0 Å². The number of amides is 1. The molecule has 0 spiro atoms. The standard InChI is InChI=1S/C29H26N4O5/c1-29(2,17-38-27-6-4-5-13-30-27)20-9-11-22-24(16-20)32-28(34)21-10-7-18(14-23(21)31-22)19-8-12-25(33(35)36)26(15-19)37-3/h4-16,31H,17H2,1-3H3,(H,32,34). The molecule has 4 aromatic rings. The molecular weight excluding hydrogens is 484 g/mol. The topological polar surface area (TPSA) is 116 Å². The van der Waals surface area contributed by atoms with Crippen LogP contribution in [0, 0.1) is 10.1 Å². The Morgan fingerprint density at radius 2 is 1.71 bits per heavy atom. The molecule has 1 aliphatic heterocycles. The molecule has 2 heterocycles. The molecule has 0 atom stereocenters. The summed E-state index contributed by atoms with van der Waals surface area (Å²) in [4.78, 5) is 28.1. The maximum Gasteiger partial charge on any atom is 0.310 e. The molecule has 0 unspecified atom stereocenters. The Hall–Kier alpha value is -4.92. The number of anilines is 3. The van der Waals surface area contributed by atoms with E-state index in [1.165, 1.54) is 13.2 Å². The van der Waals surface area contributed by atoms with E-state index in [1.807, 2.05) is 42.5 Å². The number of fused-ring (bicyclic) bond motifs is 2. The Morgan fingerprint density at radius 3 is 2.45 bits per heavy atom. The number of carbonyl (C=O) groups excluding carboxylic acids is 1. The molecule has 0 radical (unpaired) electrons. The smallest absolute Gasteiger partial charge is 0.310 e. The molecule has 1 aromatic heterocycles. The van der Waals surface area contributed by atoms with Crippen LogP contribution in [0.25, 0.3) is 11.1 Å². The lowest BCUT2D eigenvalue weighted by molar-refractivity contribution is -0.385. The van der Waals surface area contributed by atoms with Crippen LogP contribution in [-0.2, 0) is 5.41 Å². The number of rotatable bonds is 7. The molecule has 3 aromatic carbocycles. The molecule has 0 bridgehead atoms. The maximum absolute atomic E-state index is 13.1. The molecule has 1 amide bonds. The number of aromatic nitrogens is 1. The van der Waals surface area contributed by atoms with Gasteiger partial charge in [0.15, 0.2) is 5.75 Å². The van der Waals surface area contributed by atoms with E-state index in [4.69, 9.17) is 9.47 Å². The quantitative estimate of drug-likeness (QED) is 0.220. The monoisotopic (exact) mass is 510 g/mol. The molecule has 0 saturated carbocycles. The first-order chi connectivity index (χ1) is 18.2. The maximum atomic E-state index is 13.1. The van der Waals surface area contributed by atoms with Gasteiger partial charge < -0.3 is 20.1 Å². The molecule has 9 heteroatoms. The fourth-order valence-corrected chi connectivity index (χ4v) is 4.32. The molecule has 0 fully saturated rings. The summed E-state index contributed by atoms with van der Waals surface area (Å²) in [7, 11) is 1.40. The zero-order valence-corrected chi connectivity index (χ0v) is 21.1. The van der Waals surface area contributed by atoms with Crippen LogP contribution in [-0.4, -0.2) is 29.5 Å². The summed E-state index contributed by atoms with van der Waals surface area (Å²) in [5, 5.41) is 17.6. The number of carbonyl (C=O) groups is 1. The summed E-state index contributed by atoms with van der Waals surface area (Å²) >= 11 is 0. The summed E-state index contributed by atoms with van der Waals surface area (Å²) in [6.45, 7) is 4.55. The lowest BCUT2D eigenvalue weighted by Crippen LogP contribution is -2.26. The second-order valence-corrected chi connectivity index (χ2v) is 9.58. The van der Waals surface area contributed by atoms with Crippen LogP contribution in [0.5, 0.6) is 11.6 Å². The minimum Gasteiger partial charge on any atom is -0.490 e. The molecule has 38 heavy (non-hydrogen) atoms. The van der Waals surface area contributed by atoms with Gasteiger partial charge in [-0.2, -0.15) is 0 Å². The third-order valence-corrected chi connectivity index (χ3v) is 6.51. The van der Waals surface area contributed by atoms with E-state index in [2.05, 4.69) is 29.5 Å². The van der Waals surface area contributed by atoms with Crippen molar-refractivity contribution in [2.45, 2.75) is 19.3 Å². The fourth-order valence-electron chi connectivity index (χ4n) is 4.32. The van der Waals surface area contributed by atoms with E-state index < -0.39 is 4.92 Å². The van der Waals surface area contributed by atoms with Crippen molar-refractivity contribution in [3.05, 3.63) is 100 Å². The zero-order chi connectivity index (χ0) is 26.9. The highest BCUT2D eigenvalue weighted by Crippen LogP contribution is 2.38. The number of ether oxygens (including phenoxy) is 2. The highest BCUT2D eigenvalue weighted by Gasteiger charge is 2.26. The highest BCUT2D eigenvalue weighted by atomic mass is 16.6. The van der Waals surface area contributed by atoms with E-state index in [0.717, 1.165) is 22.4 Å². The van der Waals surface area contributed by atoms with Crippen molar-refractivity contribution in [2.24, 2.45) is 0 Å². The van der Waals surface area contributed by atoms with Crippen LogP contribution in [0.1, 0.15) is 29.8 Å². The number of nitrogens with one attached hydrogen (secondary N) is 2. The van der Waals surface area contributed by atoms with Gasteiger partial charge in [-0.15, -0.1) is 0 Å². The Bertz CT molecular complexity index is 1540. The van der Waals surface area contributed by atoms with E-state index in [-0.39, 0.29) is 22.8 Å². The number of hydrogen-bond acceptors (Lipinski definition) is 7. The third kappa shape index (κ3) is 4.86. The highest BCUT2D eigenvalue weighted by molar-refractivity contribution is 6.12. The average Bonchev–Trinajstić information content (AvgIpc) is 3.06. The van der Waals surface area contributed by atoms with Crippen LogP contribution < -0.4 is 20.1 Å². The van der Waals surface area contributed by atoms with Gasteiger partial charge in [-0.3, -0.25) is 14.9 Å². The number of nitro groups is 1. The summed E-state index contributed by atoms with van der Waals surface area (Å²) in [6.07, 6.45) is 1.69. The minimum absolute atomic E-state index is 0.110. The third-order valence-electron chi connectivity index (χ3n) is 6.51. The lowest BCUT2D eigenvalue weighted by atomic mass is 9.85. The van der Waals surface area contributed by atoms with Gasteiger partial charge in [0.25, 0.3) is 5.91 Å². The Kier molecular flexibility index (Phi) is 6.42. The second kappa shape index (κ2) is 9.85. The molecule has 1 aliphatic rings. The van der Waals surface area contributed by atoms with Gasteiger partial charge in [-0.25, -0.2) is 4.98 Å². The molecular formula is C29H26N4O5. The van der Waals surface area contributed by atoms with Crippen LogP contribution in [0.15, 0.2) is 79.0 Å². The Labute approximate surface area is 219 Å². The van der Waals surface area contributed by atoms with Crippen molar-refractivity contribution in [3.8, 4) is 22.8 Å². The summed E-state index contributed by atoms with van der Waals surface area (Å²) in [6, 6.07) is 21.5. The number of pyridine rings is 1. The summed E-state index contributed by atoms with van der Waals surface area (Å²) < 4.78 is 11.1. The summed E-state index contributed by atoms with van der Waals surface area (Å²) in [5.74, 6) is 0.488. The van der Waals surface area contributed by atoms with Crippen LogP contribution in [0.2, 0.25) is 0 Å². The van der Waals surface area contributed by atoms with Gasteiger partial charge >= 0.3 is 5.69 Å². The number of benzene rings is 3. The largest absolute Gasteiger partial charge is 0.490 e. The van der Waals surface area contributed by atoms with Crippen molar-refractivity contribution in [1.29, 1.82) is 0 Å². The van der Waals surface area contributed by atoms with Gasteiger partial charge in [0.2, 0.25) is 5.88 Å². The van der Waals surface area contributed by atoms with Crippen LogP contribution >= 0.6 is 0 Å². The Balaban J connectivity index is 1.43. The van der Waals surface area contributed by atoms with Crippen molar-refractivity contribution in [1.82, 2.24) is 4.98 Å².